The van der Waals surface area contributed by atoms with Crippen molar-refractivity contribution < 1.29 is 9.53 Å². The fourth-order valence-corrected chi connectivity index (χ4v) is 4.44. The van der Waals surface area contributed by atoms with Gasteiger partial charge in [-0.15, -0.1) is 0 Å². The molecule has 6 nitrogen and oxygen atoms in total. The highest BCUT2D eigenvalue weighted by atomic mass is 35.5. The molecule has 4 atom stereocenters. The number of hydrogen-bond donors (Lipinski definition) is 3. The Morgan fingerprint density at radius 1 is 1.22 bits per heavy atom. The molecule has 1 aliphatic heterocycles. The number of nitrogens with one attached hydrogen (secondary N) is 2. The molecule has 27 heavy (non-hydrogen) atoms. The Morgan fingerprint density at radius 3 is 2.93 bits per heavy atom. The predicted molar refractivity (Wildman–Crippen MR) is 103 cm³/mol. The molecule has 1 aromatic carbocycles. The predicted octanol–water partition coefficient (Wildman–Crippen LogP) is 2.99. The van der Waals surface area contributed by atoms with Crippen molar-refractivity contribution in [1.29, 1.82) is 0 Å². The van der Waals surface area contributed by atoms with Gasteiger partial charge in [-0.1, -0.05) is 17.7 Å². The van der Waals surface area contributed by atoms with Gasteiger partial charge in [-0.3, -0.25) is 15.2 Å². The maximum atomic E-state index is 12.2. The second kappa shape index (κ2) is 7.84. The van der Waals surface area contributed by atoms with Gasteiger partial charge < -0.3 is 10.5 Å². The van der Waals surface area contributed by atoms with Crippen LogP contribution in [0.2, 0.25) is 5.02 Å². The number of halogens is 1. The molecule has 0 radical (unpaired) electrons. The van der Waals surface area contributed by atoms with E-state index in [0.717, 1.165) is 24.8 Å². The molecule has 1 saturated carbocycles. The number of carbonyl (C=O) groups excluding carboxylic acids is 1. The summed E-state index contributed by atoms with van der Waals surface area (Å²) in [6.45, 7) is 0.504. The number of amides is 1. The van der Waals surface area contributed by atoms with Crippen LogP contribution in [0.5, 0.6) is 11.5 Å². The fourth-order valence-electron chi connectivity index (χ4n) is 4.26. The van der Waals surface area contributed by atoms with Crippen LogP contribution in [-0.2, 0) is 4.79 Å². The number of hydrogen-bond acceptors (Lipinski definition) is 5. The Labute approximate surface area is 163 Å². The van der Waals surface area contributed by atoms with Crippen LogP contribution in [0.15, 0.2) is 42.7 Å². The van der Waals surface area contributed by atoms with E-state index in [-0.39, 0.29) is 23.8 Å². The molecule has 0 bridgehead atoms. The number of carbonyl (C=O) groups is 1. The van der Waals surface area contributed by atoms with E-state index in [1.807, 2.05) is 30.5 Å². The van der Waals surface area contributed by atoms with Crippen molar-refractivity contribution in [2.24, 2.45) is 17.6 Å². The Hall–Kier alpha value is -2.15. The van der Waals surface area contributed by atoms with Crippen LogP contribution in [0, 0.1) is 11.8 Å². The average Bonchev–Trinajstić information content (AvgIpc) is 2.68. The molecule has 4 N–H and O–H groups in total. The van der Waals surface area contributed by atoms with Crippen molar-refractivity contribution in [2.45, 2.75) is 31.2 Å². The lowest BCUT2D eigenvalue weighted by atomic mass is 9.68. The van der Waals surface area contributed by atoms with E-state index in [4.69, 9.17) is 22.1 Å². The van der Waals surface area contributed by atoms with Crippen molar-refractivity contribution in [3.8, 4) is 11.5 Å². The van der Waals surface area contributed by atoms with E-state index >= 15 is 0 Å². The number of aromatic nitrogens is 1. The molecule has 1 aromatic heterocycles. The number of pyridine rings is 1. The molecule has 1 saturated heterocycles. The minimum Gasteiger partial charge on any atom is -0.456 e. The third kappa shape index (κ3) is 3.93. The number of benzene rings is 1. The van der Waals surface area contributed by atoms with E-state index in [9.17, 15) is 4.79 Å². The van der Waals surface area contributed by atoms with Crippen molar-refractivity contribution in [2.75, 3.05) is 6.54 Å². The topological polar surface area (TPSA) is 89.3 Å². The van der Waals surface area contributed by atoms with Gasteiger partial charge in [-0.05, 0) is 60.9 Å². The number of nitrogens with two attached hydrogens (primary N) is 1. The van der Waals surface area contributed by atoms with Crippen LogP contribution < -0.4 is 21.3 Å². The largest absolute Gasteiger partial charge is 0.456 e. The number of hydrazine groups is 1. The van der Waals surface area contributed by atoms with Gasteiger partial charge in [0.15, 0.2) is 0 Å². The van der Waals surface area contributed by atoms with E-state index in [1.165, 1.54) is 0 Å². The van der Waals surface area contributed by atoms with Gasteiger partial charge >= 0.3 is 0 Å². The third-order valence-corrected chi connectivity index (χ3v) is 5.86. The molecule has 142 valence electrons. The molecule has 2 aliphatic rings. The minimum atomic E-state index is 0.0369. The number of rotatable bonds is 4. The van der Waals surface area contributed by atoms with Crippen LogP contribution >= 0.6 is 11.6 Å². The molecular formula is C20H23ClN4O2. The van der Waals surface area contributed by atoms with Gasteiger partial charge in [-0.25, -0.2) is 5.43 Å². The second-order valence-corrected chi connectivity index (χ2v) is 7.71. The first-order valence-corrected chi connectivity index (χ1v) is 9.65. The van der Waals surface area contributed by atoms with Crippen LogP contribution in [0.1, 0.15) is 30.7 Å². The first-order valence-electron chi connectivity index (χ1n) is 9.28. The third-order valence-electron chi connectivity index (χ3n) is 5.63. The summed E-state index contributed by atoms with van der Waals surface area (Å²) >= 11 is 6.02. The summed E-state index contributed by atoms with van der Waals surface area (Å²) in [5.74, 6) is 2.06. The zero-order valence-electron chi connectivity index (χ0n) is 14.9. The van der Waals surface area contributed by atoms with Crippen LogP contribution in [0.25, 0.3) is 0 Å². The summed E-state index contributed by atoms with van der Waals surface area (Å²) in [5.41, 5.74) is 12.9. The molecule has 2 heterocycles. The quantitative estimate of drug-likeness (QED) is 0.751. The first-order chi connectivity index (χ1) is 13.1. The molecular weight excluding hydrogens is 364 g/mol. The monoisotopic (exact) mass is 386 g/mol. The van der Waals surface area contributed by atoms with Gasteiger partial charge in [0.2, 0.25) is 5.91 Å². The zero-order chi connectivity index (χ0) is 18.8. The lowest BCUT2D eigenvalue weighted by molar-refractivity contribution is -0.133. The summed E-state index contributed by atoms with van der Waals surface area (Å²) in [6.07, 6.45) is 6.32. The standard InChI is InChI=1S/C20H23ClN4O2/c21-14-2-1-3-15(8-14)27-16-6-13(10-23-11-16)12-4-5-17-18(7-12)19(9-22)24-25-20(17)26/h1-3,6,8,10-12,17-19,24H,4-5,7,9,22H2,(H,25,26). The van der Waals surface area contributed by atoms with Gasteiger partial charge in [0.1, 0.15) is 11.5 Å². The fraction of sp³-hybridized carbons (Fsp3) is 0.400. The summed E-state index contributed by atoms with van der Waals surface area (Å²) in [7, 11) is 0. The summed E-state index contributed by atoms with van der Waals surface area (Å²) < 4.78 is 5.91. The number of fused-ring (bicyclic) bond motifs is 1. The van der Waals surface area contributed by atoms with Gasteiger partial charge in [0, 0.05) is 29.7 Å². The zero-order valence-corrected chi connectivity index (χ0v) is 15.7. The van der Waals surface area contributed by atoms with Crippen molar-refractivity contribution in [3.63, 3.8) is 0 Å². The molecule has 2 aromatic rings. The van der Waals surface area contributed by atoms with Crippen molar-refractivity contribution in [3.05, 3.63) is 53.3 Å². The normalized spacial score (nSPS) is 27.6. The summed E-state index contributed by atoms with van der Waals surface area (Å²) in [4.78, 5) is 16.5. The van der Waals surface area contributed by atoms with E-state index in [0.29, 0.717) is 29.0 Å². The average molecular weight is 387 g/mol. The molecule has 1 aliphatic carbocycles. The Kier molecular flexibility index (Phi) is 5.29. The maximum Gasteiger partial charge on any atom is 0.237 e. The second-order valence-electron chi connectivity index (χ2n) is 7.27. The molecule has 1 amide bonds. The van der Waals surface area contributed by atoms with E-state index in [2.05, 4.69) is 15.8 Å². The van der Waals surface area contributed by atoms with Crippen molar-refractivity contribution >= 4 is 17.5 Å². The van der Waals surface area contributed by atoms with E-state index < -0.39 is 0 Å². The first kappa shape index (κ1) is 18.2. The highest BCUT2D eigenvalue weighted by molar-refractivity contribution is 6.30. The van der Waals surface area contributed by atoms with Gasteiger partial charge in [0.25, 0.3) is 0 Å². The highest BCUT2D eigenvalue weighted by Gasteiger charge is 2.42. The summed E-state index contributed by atoms with van der Waals surface area (Å²) in [5, 5.41) is 0.630. The molecule has 0 spiro atoms. The molecule has 4 rings (SSSR count). The lowest BCUT2D eigenvalue weighted by Crippen LogP contribution is -2.62. The van der Waals surface area contributed by atoms with Crippen molar-refractivity contribution in [1.82, 2.24) is 15.8 Å². The smallest absolute Gasteiger partial charge is 0.237 e. The highest BCUT2D eigenvalue weighted by Crippen LogP contribution is 2.42. The molecule has 4 unspecified atom stereocenters. The molecule has 2 fully saturated rings. The van der Waals surface area contributed by atoms with Gasteiger partial charge in [0.05, 0.1) is 6.20 Å². The molecule has 7 heteroatoms. The number of nitrogens with zero attached hydrogens (tertiary/aromatic N) is 1. The van der Waals surface area contributed by atoms with Gasteiger partial charge in [-0.2, -0.15) is 0 Å². The minimum absolute atomic E-state index is 0.0369. The SMILES string of the molecule is NCC1NNC(=O)C2CCC(c3cncc(Oc4cccc(Cl)c4)c3)CC12. The Bertz CT molecular complexity index is 831. The van der Waals surface area contributed by atoms with Crippen LogP contribution in [-0.4, -0.2) is 23.5 Å². The Morgan fingerprint density at radius 2 is 2.11 bits per heavy atom. The number of ether oxygens (including phenoxy) is 1. The van der Waals surface area contributed by atoms with Crippen LogP contribution in [0.3, 0.4) is 0 Å². The summed E-state index contributed by atoms with van der Waals surface area (Å²) in [6, 6.07) is 9.44. The van der Waals surface area contributed by atoms with E-state index in [1.54, 1.807) is 12.3 Å². The Balaban J connectivity index is 1.51. The van der Waals surface area contributed by atoms with Crippen LogP contribution in [0.4, 0.5) is 0 Å². The lowest BCUT2D eigenvalue weighted by Gasteiger charge is -2.43. The maximum absolute atomic E-state index is 12.2.